The fraction of sp³-hybridized carbons (Fsp3) is 0.455. The molecule has 0 radical (unpaired) electrons. The summed E-state index contributed by atoms with van der Waals surface area (Å²) in [6.07, 6.45) is 3.49. The van der Waals surface area contributed by atoms with Gasteiger partial charge in [-0.2, -0.15) is 12.6 Å². The predicted octanol–water partition coefficient (Wildman–Crippen LogP) is 2.89. The maximum Gasteiger partial charge on any atom is 0.175 e. The molecule has 0 unspecified atom stereocenters. The Morgan fingerprint density at radius 1 is 1.19 bits per heavy atom. The van der Waals surface area contributed by atoms with Crippen molar-refractivity contribution in [1.29, 1.82) is 0 Å². The van der Waals surface area contributed by atoms with Gasteiger partial charge < -0.3 is 0 Å². The summed E-state index contributed by atoms with van der Waals surface area (Å²) < 4.78 is 22.5. The number of benzene rings is 1. The van der Waals surface area contributed by atoms with Crippen LogP contribution in [0.1, 0.15) is 12.8 Å². The number of unbranched alkanes of at least 4 members (excludes halogenated alkanes) is 1. The third kappa shape index (κ3) is 4.80. The number of thioether (sulfide) groups is 1. The van der Waals surface area contributed by atoms with E-state index in [1.165, 1.54) is 6.26 Å². The Hall–Kier alpha value is -0.130. The lowest BCUT2D eigenvalue weighted by Gasteiger charge is -2.02. The molecule has 0 aliphatic carbocycles. The van der Waals surface area contributed by atoms with E-state index in [-0.39, 0.29) is 0 Å². The van der Waals surface area contributed by atoms with Gasteiger partial charge in [0.1, 0.15) is 0 Å². The summed E-state index contributed by atoms with van der Waals surface area (Å²) in [6.45, 7) is 0. The maximum atomic E-state index is 11.2. The predicted molar refractivity (Wildman–Crippen MR) is 73.4 cm³/mol. The van der Waals surface area contributed by atoms with Gasteiger partial charge in [-0.25, -0.2) is 8.42 Å². The van der Waals surface area contributed by atoms with Crippen LogP contribution in [0.25, 0.3) is 0 Å². The molecule has 5 heteroatoms. The van der Waals surface area contributed by atoms with Crippen LogP contribution in [0.5, 0.6) is 0 Å². The van der Waals surface area contributed by atoms with E-state index in [1.54, 1.807) is 23.9 Å². The highest BCUT2D eigenvalue weighted by molar-refractivity contribution is 7.99. The minimum absolute atomic E-state index is 0.382. The average Bonchev–Trinajstić information content (AvgIpc) is 2.24. The highest BCUT2D eigenvalue weighted by Crippen LogP contribution is 2.21. The second-order valence-corrected chi connectivity index (χ2v) is 7.15. The van der Waals surface area contributed by atoms with Crippen molar-refractivity contribution in [3.05, 3.63) is 24.3 Å². The summed E-state index contributed by atoms with van der Waals surface area (Å²) in [5.74, 6) is 1.98. The summed E-state index contributed by atoms with van der Waals surface area (Å²) in [4.78, 5) is 1.50. The van der Waals surface area contributed by atoms with Crippen molar-refractivity contribution in [2.75, 3.05) is 17.8 Å². The SMILES string of the molecule is CS(=O)(=O)c1ccc(SCCCCS)cc1. The van der Waals surface area contributed by atoms with E-state index in [1.807, 2.05) is 12.1 Å². The molecule has 0 N–H and O–H groups in total. The molecular formula is C11H16O2S3. The first kappa shape index (κ1) is 13.9. The van der Waals surface area contributed by atoms with Crippen molar-refractivity contribution >= 4 is 34.2 Å². The number of sulfone groups is 1. The van der Waals surface area contributed by atoms with Crippen molar-refractivity contribution in [2.24, 2.45) is 0 Å². The standard InChI is InChI=1S/C11H16O2S3/c1-16(12,13)11-6-4-10(5-7-11)15-9-3-2-8-14/h4-7,14H,2-3,8-9H2,1H3. The number of hydrogen-bond donors (Lipinski definition) is 1. The monoisotopic (exact) mass is 276 g/mol. The summed E-state index contributed by atoms with van der Waals surface area (Å²) in [6, 6.07) is 7.05. The molecule has 0 aliphatic heterocycles. The zero-order valence-corrected chi connectivity index (χ0v) is 11.7. The molecule has 0 aliphatic rings. The van der Waals surface area contributed by atoms with Crippen molar-refractivity contribution in [2.45, 2.75) is 22.6 Å². The van der Waals surface area contributed by atoms with Gasteiger partial charge in [-0.3, -0.25) is 0 Å². The van der Waals surface area contributed by atoms with E-state index >= 15 is 0 Å². The normalized spacial score (nSPS) is 11.6. The van der Waals surface area contributed by atoms with Gasteiger partial charge in [-0.05, 0) is 48.6 Å². The highest BCUT2D eigenvalue weighted by Gasteiger charge is 2.05. The Labute approximate surface area is 107 Å². The maximum absolute atomic E-state index is 11.2. The second-order valence-electron chi connectivity index (χ2n) is 3.52. The summed E-state index contributed by atoms with van der Waals surface area (Å²) in [5.41, 5.74) is 0. The van der Waals surface area contributed by atoms with Gasteiger partial charge in [0, 0.05) is 11.2 Å². The molecule has 1 aromatic rings. The van der Waals surface area contributed by atoms with Gasteiger partial charge in [-0.1, -0.05) is 0 Å². The molecule has 0 saturated carbocycles. The lowest BCUT2D eigenvalue weighted by molar-refractivity contribution is 0.602. The van der Waals surface area contributed by atoms with E-state index in [0.29, 0.717) is 4.90 Å². The summed E-state index contributed by atoms with van der Waals surface area (Å²) >= 11 is 5.90. The van der Waals surface area contributed by atoms with Gasteiger partial charge >= 0.3 is 0 Å². The summed E-state index contributed by atoms with van der Waals surface area (Å²) in [5, 5.41) is 0. The second kappa shape index (κ2) is 6.57. The topological polar surface area (TPSA) is 34.1 Å². The van der Waals surface area contributed by atoms with Crippen LogP contribution in [0.2, 0.25) is 0 Å². The molecule has 16 heavy (non-hydrogen) atoms. The van der Waals surface area contributed by atoms with Crippen molar-refractivity contribution in [3.63, 3.8) is 0 Å². The Balaban J connectivity index is 2.52. The molecular weight excluding hydrogens is 260 g/mol. The molecule has 0 aromatic heterocycles. The Morgan fingerprint density at radius 2 is 1.81 bits per heavy atom. The van der Waals surface area contributed by atoms with Gasteiger partial charge in [0.2, 0.25) is 0 Å². The van der Waals surface area contributed by atoms with Crippen LogP contribution in [-0.4, -0.2) is 26.2 Å². The van der Waals surface area contributed by atoms with Gasteiger partial charge in [0.05, 0.1) is 4.90 Å². The largest absolute Gasteiger partial charge is 0.224 e. The number of hydrogen-bond acceptors (Lipinski definition) is 4. The first-order chi connectivity index (χ1) is 7.54. The molecule has 0 spiro atoms. The van der Waals surface area contributed by atoms with E-state index in [9.17, 15) is 8.42 Å². The van der Waals surface area contributed by atoms with E-state index in [4.69, 9.17) is 0 Å². The van der Waals surface area contributed by atoms with Crippen LogP contribution in [0, 0.1) is 0 Å². The van der Waals surface area contributed by atoms with Crippen molar-refractivity contribution in [3.8, 4) is 0 Å². The molecule has 0 atom stereocenters. The van der Waals surface area contributed by atoms with Gasteiger partial charge in [-0.15, -0.1) is 11.8 Å². The van der Waals surface area contributed by atoms with Gasteiger partial charge in [0.15, 0.2) is 9.84 Å². The van der Waals surface area contributed by atoms with E-state index in [0.717, 1.165) is 29.2 Å². The van der Waals surface area contributed by atoms with Crippen LogP contribution in [0.3, 0.4) is 0 Å². The van der Waals surface area contributed by atoms with Crippen LogP contribution in [0.4, 0.5) is 0 Å². The zero-order valence-electron chi connectivity index (χ0n) is 9.22. The fourth-order valence-corrected chi connectivity index (χ4v) is 2.95. The lowest BCUT2D eigenvalue weighted by Crippen LogP contribution is -1.96. The first-order valence-corrected chi connectivity index (χ1v) is 8.59. The molecule has 0 amide bonds. The molecule has 0 heterocycles. The fourth-order valence-electron chi connectivity index (χ4n) is 1.19. The minimum atomic E-state index is -3.07. The van der Waals surface area contributed by atoms with Crippen molar-refractivity contribution < 1.29 is 8.42 Å². The average molecular weight is 276 g/mol. The smallest absolute Gasteiger partial charge is 0.175 e. The van der Waals surface area contributed by atoms with E-state index in [2.05, 4.69) is 12.6 Å². The molecule has 1 aromatic carbocycles. The minimum Gasteiger partial charge on any atom is -0.224 e. The van der Waals surface area contributed by atoms with Crippen LogP contribution < -0.4 is 0 Å². The highest BCUT2D eigenvalue weighted by atomic mass is 32.2. The van der Waals surface area contributed by atoms with Crippen molar-refractivity contribution in [1.82, 2.24) is 0 Å². The van der Waals surface area contributed by atoms with Gasteiger partial charge in [0.25, 0.3) is 0 Å². The zero-order chi connectivity index (χ0) is 12.0. The third-order valence-electron chi connectivity index (χ3n) is 2.07. The molecule has 0 bridgehead atoms. The van der Waals surface area contributed by atoms with Crippen LogP contribution >= 0.6 is 24.4 Å². The Bertz CT molecular complexity index is 409. The first-order valence-electron chi connectivity index (χ1n) is 5.08. The summed E-state index contributed by atoms with van der Waals surface area (Å²) in [7, 11) is -3.07. The molecule has 0 saturated heterocycles. The molecule has 2 nitrogen and oxygen atoms in total. The van der Waals surface area contributed by atoms with E-state index < -0.39 is 9.84 Å². The van der Waals surface area contributed by atoms with Crippen LogP contribution in [-0.2, 0) is 9.84 Å². The Morgan fingerprint density at radius 3 is 2.31 bits per heavy atom. The number of rotatable bonds is 6. The quantitative estimate of drug-likeness (QED) is 0.493. The molecule has 1 rings (SSSR count). The molecule has 90 valence electrons. The Kier molecular flexibility index (Phi) is 5.72. The lowest BCUT2D eigenvalue weighted by atomic mass is 10.4. The third-order valence-corrected chi connectivity index (χ3v) is 4.62. The van der Waals surface area contributed by atoms with Crippen LogP contribution in [0.15, 0.2) is 34.1 Å². The molecule has 0 fully saturated rings. The number of thiol groups is 1.